The van der Waals surface area contributed by atoms with E-state index in [0.29, 0.717) is 30.8 Å². The van der Waals surface area contributed by atoms with Crippen LogP contribution in [0.15, 0.2) is 42.5 Å². The van der Waals surface area contributed by atoms with E-state index in [1.807, 2.05) is 49.2 Å². The first kappa shape index (κ1) is 16.0. The number of rotatable bonds is 6. The number of nitriles is 1. The zero-order chi connectivity index (χ0) is 15.9. The molecule has 114 valence electrons. The molecule has 0 aliphatic rings. The van der Waals surface area contributed by atoms with Crippen molar-refractivity contribution in [3.8, 4) is 11.8 Å². The van der Waals surface area contributed by atoms with Gasteiger partial charge in [0.2, 0.25) is 0 Å². The van der Waals surface area contributed by atoms with Crippen LogP contribution < -0.4 is 4.74 Å². The number of ether oxygens (including phenoxy) is 1. The van der Waals surface area contributed by atoms with Crippen molar-refractivity contribution in [2.75, 3.05) is 13.7 Å². The smallest absolute Gasteiger partial charge is 0.127 e. The average Bonchev–Trinajstić information content (AvgIpc) is 2.51. The van der Waals surface area contributed by atoms with E-state index in [1.54, 1.807) is 6.07 Å². The summed E-state index contributed by atoms with van der Waals surface area (Å²) in [5.41, 5.74) is 2.14. The molecule has 0 radical (unpaired) electrons. The molecule has 2 aromatic rings. The Morgan fingerprint density at radius 2 is 1.86 bits per heavy atom. The maximum atomic E-state index is 13.8. The molecule has 22 heavy (non-hydrogen) atoms. The minimum atomic E-state index is -0.280. The molecule has 0 heterocycles. The Morgan fingerprint density at radius 1 is 1.14 bits per heavy atom. The quantitative estimate of drug-likeness (QED) is 0.815. The van der Waals surface area contributed by atoms with Gasteiger partial charge in [0, 0.05) is 18.7 Å². The second kappa shape index (κ2) is 7.58. The van der Waals surface area contributed by atoms with Gasteiger partial charge in [0.15, 0.2) is 0 Å². The summed E-state index contributed by atoms with van der Waals surface area (Å²) in [4.78, 5) is 2.01. The van der Waals surface area contributed by atoms with Gasteiger partial charge in [0.25, 0.3) is 0 Å². The van der Waals surface area contributed by atoms with Gasteiger partial charge in [-0.15, -0.1) is 0 Å². The van der Waals surface area contributed by atoms with E-state index >= 15 is 0 Å². The van der Waals surface area contributed by atoms with Crippen molar-refractivity contribution in [1.82, 2.24) is 4.90 Å². The molecule has 0 saturated carbocycles. The van der Waals surface area contributed by atoms with Gasteiger partial charge in [-0.2, -0.15) is 5.26 Å². The molecular formula is C18H19FN2O. The third kappa shape index (κ3) is 4.31. The SMILES string of the molecule is CCOc1ccc(CN(C)Cc2cc(C#N)ccc2F)cc1. The van der Waals surface area contributed by atoms with Crippen molar-refractivity contribution in [3.63, 3.8) is 0 Å². The summed E-state index contributed by atoms with van der Waals surface area (Å²) in [5, 5.41) is 8.89. The van der Waals surface area contributed by atoms with Crippen LogP contribution >= 0.6 is 0 Å². The molecule has 2 aromatic carbocycles. The Balaban J connectivity index is 2.00. The molecule has 0 fully saturated rings. The molecule has 0 N–H and O–H groups in total. The van der Waals surface area contributed by atoms with Gasteiger partial charge in [0.05, 0.1) is 18.2 Å². The van der Waals surface area contributed by atoms with Crippen LogP contribution in [0.4, 0.5) is 4.39 Å². The van der Waals surface area contributed by atoms with E-state index in [4.69, 9.17) is 10.00 Å². The molecule has 0 aliphatic heterocycles. The molecule has 4 heteroatoms. The normalized spacial score (nSPS) is 10.5. The topological polar surface area (TPSA) is 36.3 Å². The van der Waals surface area contributed by atoms with E-state index in [-0.39, 0.29) is 5.82 Å². The predicted octanol–water partition coefficient (Wildman–Crippen LogP) is 3.73. The Kier molecular flexibility index (Phi) is 5.51. The highest BCUT2D eigenvalue weighted by molar-refractivity contribution is 5.34. The molecule has 0 bridgehead atoms. The molecule has 0 aliphatic carbocycles. The zero-order valence-corrected chi connectivity index (χ0v) is 12.8. The monoisotopic (exact) mass is 298 g/mol. The first-order valence-electron chi connectivity index (χ1n) is 7.21. The molecule has 2 rings (SSSR count). The lowest BCUT2D eigenvalue weighted by Gasteiger charge is -2.17. The predicted molar refractivity (Wildman–Crippen MR) is 83.9 cm³/mol. The number of halogens is 1. The summed E-state index contributed by atoms with van der Waals surface area (Å²) in [6.07, 6.45) is 0. The Bertz CT molecular complexity index is 662. The van der Waals surface area contributed by atoms with E-state index in [2.05, 4.69) is 0 Å². The summed E-state index contributed by atoms with van der Waals surface area (Å²) in [6, 6.07) is 14.4. The van der Waals surface area contributed by atoms with Crippen molar-refractivity contribution >= 4 is 0 Å². The molecule has 0 saturated heterocycles. The van der Waals surface area contributed by atoms with E-state index in [0.717, 1.165) is 11.3 Å². The maximum Gasteiger partial charge on any atom is 0.127 e. The third-order valence-corrected chi connectivity index (χ3v) is 3.30. The van der Waals surface area contributed by atoms with Crippen molar-refractivity contribution in [2.45, 2.75) is 20.0 Å². The van der Waals surface area contributed by atoms with Crippen molar-refractivity contribution in [2.24, 2.45) is 0 Å². The van der Waals surface area contributed by atoms with Gasteiger partial charge in [-0.05, 0) is 49.9 Å². The van der Waals surface area contributed by atoms with Crippen LogP contribution in [-0.4, -0.2) is 18.6 Å². The second-order valence-electron chi connectivity index (χ2n) is 5.17. The lowest BCUT2D eigenvalue weighted by Crippen LogP contribution is -2.18. The van der Waals surface area contributed by atoms with Crippen LogP contribution in [-0.2, 0) is 13.1 Å². The zero-order valence-electron chi connectivity index (χ0n) is 12.8. The Hall–Kier alpha value is -2.38. The molecular weight excluding hydrogens is 279 g/mol. The minimum absolute atomic E-state index is 0.280. The standard InChI is InChI=1S/C18H19FN2O/c1-3-22-17-7-4-14(5-8-17)12-21(2)13-16-10-15(11-20)6-9-18(16)19/h4-10H,3,12-13H2,1-2H3. The fourth-order valence-electron chi connectivity index (χ4n) is 2.28. The molecule has 0 spiro atoms. The van der Waals surface area contributed by atoms with Gasteiger partial charge in [0.1, 0.15) is 11.6 Å². The fraction of sp³-hybridized carbons (Fsp3) is 0.278. The van der Waals surface area contributed by atoms with E-state index in [9.17, 15) is 4.39 Å². The first-order valence-corrected chi connectivity index (χ1v) is 7.21. The van der Waals surface area contributed by atoms with Crippen LogP contribution in [0.5, 0.6) is 5.75 Å². The van der Waals surface area contributed by atoms with Crippen molar-refractivity contribution in [3.05, 3.63) is 65.0 Å². The van der Waals surface area contributed by atoms with Gasteiger partial charge >= 0.3 is 0 Å². The molecule has 0 atom stereocenters. The maximum absolute atomic E-state index is 13.8. The highest BCUT2D eigenvalue weighted by Gasteiger charge is 2.08. The molecule has 3 nitrogen and oxygen atoms in total. The Labute approximate surface area is 130 Å². The Morgan fingerprint density at radius 3 is 2.50 bits per heavy atom. The molecule has 0 amide bonds. The molecule has 0 unspecified atom stereocenters. The van der Waals surface area contributed by atoms with Crippen LogP contribution in [0.25, 0.3) is 0 Å². The average molecular weight is 298 g/mol. The highest BCUT2D eigenvalue weighted by Crippen LogP contribution is 2.16. The first-order chi connectivity index (χ1) is 10.6. The van der Waals surface area contributed by atoms with Crippen LogP contribution in [0, 0.1) is 17.1 Å². The largest absolute Gasteiger partial charge is 0.494 e. The third-order valence-electron chi connectivity index (χ3n) is 3.30. The lowest BCUT2D eigenvalue weighted by atomic mass is 10.1. The highest BCUT2D eigenvalue weighted by atomic mass is 19.1. The van der Waals surface area contributed by atoms with E-state index < -0.39 is 0 Å². The second-order valence-corrected chi connectivity index (χ2v) is 5.17. The summed E-state index contributed by atoms with van der Waals surface area (Å²) in [5.74, 6) is 0.569. The van der Waals surface area contributed by atoms with E-state index in [1.165, 1.54) is 12.1 Å². The van der Waals surface area contributed by atoms with Gasteiger partial charge in [-0.1, -0.05) is 12.1 Å². The number of nitrogens with zero attached hydrogens (tertiary/aromatic N) is 2. The van der Waals surface area contributed by atoms with Crippen molar-refractivity contribution in [1.29, 1.82) is 5.26 Å². The van der Waals surface area contributed by atoms with Crippen LogP contribution in [0.3, 0.4) is 0 Å². The van der Waals surface area contributed by atoms with Crippen LogP contribution in [0.2, 0.25) is 0 Å². The summed E-state index contributed by atoms with van der Waals surface area (Å²) in [7, 11) is 1.93. The lowest BCUT2D eigenvalue weighted by molar-refractivity contribution is 0.312. The van der Waals surface area contributed by atoms with Gasteiger partial charge in [-0.25, -0.2) is 4.39 Å². The number of hydrogen-bond acceptors (Lipinski definition) is 3. The fourth-order valence-corrected chi connectivity index (χ4v) is 2.28. The number of hydrogen-bond donors (Lipinski definition) is 0. The van der Waals surface area contributed by atoms with Gasteiger partial charge in [-0.3, -0.25) is 4.90 Å². The van der Waals surface area contributed by atoms with Gasteiger partial charge < -0.3 is 4.74 Å². The summed E-state index contributed by atoms with van der Waals surface area (Å²) in [6.45, 7) is 3.75. The van der Waals surface area contributed by atoms with Crippen molar-refractivity contribution < 1.29 is 9.13 Å². The summed E-state index contributed by atoms with van der Waals surface area (Å²) < 4.78 is 19.2. The molecule has 0 aromatic heterocycles. The minimum Gasteiger partial charge on any atom is -0.494 e. The van der Waals surface area contributed by atoms with Crippen LogP contribution in [0.1, 0.15) is 23.6 Å². The summed E-state index contributed by atoms with van der Waals surface area (Å²) >= 11 is 0. The number of benzene rings is 2.